The van der Waals surface area contributed by atoms with Gasteiger partial charge in [-0.25, -0.2) is 5.10 Å². The third-order valence-corrected chi connectivity index (χ3v) is 2.32. The van der Waals surface area contributed by atoms with E-state index in [1.807, 2.05) is 6.92 Å². The van der Waals surface area contributed by atoms with Crippen LogP contribution in [0.15, 0.2) is 35.1 Å². The number of aromatic nitrogens is 2. The van der Waals surface area contributed by atoms with Crippen LogP contribution in [0, 0.1) is 6.92 Å². The molecule has 0 bridgehead atoms. The highest BCUT2D eigenvalue weighted by atomic mass is 16.3. The Bertz CT molecular complexity index is 629. The average Bonchev–Trinajstić information content (AvgIpc) is 2.35. The Morgan fingerprint density at radius 3 is 2.78 bits per heavy atom. The maximum absolute atomic E-state index is 11.9. The zero-order chi connectivity index (χ0) is 13.1. The minimum Gasteiger partial charge on any atom is -0.507 e. The number of phenols is 1. The summed E-state index contributed by atoms with van der Waals surface area (Å²) in [6, 6.07) is 7.34. The second-order valence-corrected chi connectivity index (χ2v) is 3.78. The molecular formula is C12H11N3O3. The fraction of sp³-hybridized carbons (Fsp3) is 0.0833. The van der Waals surface area contributed by atoms with Crippen molar-refractivity contribution in [3.05, 3.63) is 51.8 Å². The topological polar surface area (TPSA) is 95.1 Å². The fourth-order valence-corrected chi connectivity index (χ4v) is 1.43. The number of amides is 1. The fourth-order valence-electron chi connectivity index (χ4n) is 1.43. The first kappa shape index (κ1) is 11.8. The third kappa shape index (κ3) is 2.54. The molecule has 1 amide bonds. The number of rotatable bonds is 2. The van der Waals surface area contributed by atoms with Gasteiger partial charge in [0.15, 0.2) is 5.82 Å². The molecule has 0 aliphatic rings. The summed E-state index contributed by atoms with van der Waals surface area (Å²) in [6.07, 6.45) is 0. The lowest BCUT2D eigenvalue weighted by molar-refractivity contribution is 0.102. The van der Waals surface area contributed by atoms with Crippen molar-refractivity contribution in [3.8, 4) is 5.75 Å². The van der Waals surface area contributed by atoms with Crippen LogP contribution < -0.4 is 10.9 Å². The summed E-state index contributed by atoms with van der Waals surface area (Å²) in [5.74, 6) is -0.390. The van der Waals surface area contributed by atoms with Gasteiger partial charge in [0.1, 0.15) is 5.75 Å². The second-order valence-electron chi connectivity index (χ2n) is 3.78. The number of anilines is 1. The van der Waals surface area contributed by atoms with E-state index in [9.17, 15) is 14.7 Å². The predicted molar refractivity (Wildman–Crippen MR) is 65.7 cm³/mol. The Balaban J connectivity index is 2.24. The van der Waals surface area contributed by atoms with Gasteiger partial charge in [-0.2, -0.15) is 5.10 Å². The van der Waals surface area contributed by atoms with Gasteiger partial charge in [-0.3, -0.25) is 9.59 Å². The maximum atomic E-state index is 11.9. The number of hydrogen-bond donors (Lipinski definition) is 3. The lowest BCUT2D eigenvalue weighted by atomic mass is 10.1. The van der Waals surface area contributed by atoms with E-state index in [-0.39, 0.29) is 22.7 Å². The van der Waals surface area contributed by atoms with Gasteiger partial charge in [0.2, 0.25) is 0 Å². The Morgan fingerprint density at radius 1 is 1.33 bits per heavy atom. The van der Waals surface area contributed by atoms with E-state index < -0.39 is 5.91 Å². The number of aryl methyl sites for hydroxylation is 1. The number of aromatic hydroxyl groups is 1. The van der Waals surface area contributed by atoms with Crippen LogP contribution in [0.25, 0.3) is 0 Å². The Labute approximate surface area is 102 Å². The molecule has 1 aromatic carbocycles. The monoisotopic (exact) mass is 245 g/mol. The molecule has 0 aliphatic carbocycles. The number of carbonyl (C=O) groups excluding carboxylic acids is 1. The normalized spacial score (nSPS) is 10.1. The van der Waals surface area contributed by atoms with Crippen molar-refractivity contribution in [2.24, 2.45) is 0 Å². The van der Waals surface area contributed by atoms with Crippen molar-refractivity contribution in [1.29, 1.82) is 0 Å². The summed E-state index contributed by atoms with van der Waals surface area (Å²) in [5.41, 5.74) is 0.654. The number of aromatic amines is 1. The van der Waals surface area contributed by atoms with Crippen molar-refractivity contribution in [2.75, 3.05) is 5.32 Å². The smallest absolute Gasteiger partial charge is 0.264 e. The molecule has 3 N–H and O–H groups in total. The first-order valence-corrected chi connectivity index (χ1v) is 5.23. The maximum Gasteiger partial charge on any atom is 0.264 e. The van der Waals surface area contributed by atoms with E-state index in [1.54, 1.807) is 12.1 Å². The lowest BCUT2D eigenvalue weighted by Crippen LogP contribution is -2.16. The molecule has 0 aliphatic heterocycles. The van der Waals surface area contributed by atoms with Gasteiger partial charge in [0, 0.05) is 6.07 Å². The van der Waals surface area contributed by atoms with E-state index in [0.29, 0.717) is 0 Å². The number of nitrogens with zero attached hydrogens (tertiary/aromatic N) is 1. The first-order valence-electron chi connectivity index (χ1n) is 5.23. The molecule has 6 nitrogen and oxygen atoms in total. The number of carbonyl (C=O) groups is 1. The van der Waals surface area contributed by atoms with Gasteiger partial charge in [-0.1, -0.05) is 11.6 Å². The van der Waals surface area contributed by atoms with Crippen LogP contribution in [0.1, 0.15) is 15.9 Å². The molecule has 0 atom stereocenters. The van der Waals surface area contributed by atoms with E-state index in [2.05, 4.69) is 15.5 Å². The highest BCUT2D eigenvalue weighted by Gasteiger charge is 2.11. The van der Waals surface area contributed by atoms with Gasteiger partial charge in [-0.15, -0.1) is 0 Å². The van der Waals surface area contributed by atoms with Crippen molar-refractivity contribution in [2.45, 2.75) is 6.92 Å². The molecule has 0 spiro atoms. The average molecular weight is 245 g/mol. The van der Waals surface area contributed by atoms with Crippen molar-refractivity contribution >= 4 is 11.7 Å². The van der Waals surface area contributed by atoms with Gasteiger partial charge in [-0.05, 0) is 25.1 Å². The SMILES string of the molecule is Cc1ccc(O)c(C(=O)Nc2ccc(=O)[nH]n2)c1. The summed E-state index contributed by atoms with van der Waals surface area (Å²) in [5, 5.41) is 17.9. The summed E-state index contributed by atoms with van der Waals surface area (Å²) in [4.78, 5) is 22.7. The van der Waals surface area contributed by atoms with Crippen LogP contribution in [0.5, 0.6) is 5.75 Å². The highest BCUT2D eigenvalue weighted by Crippen LogP contribution is 2.19. The quantitative estimate of drug-likeness (QED) is 0.736. The molecule has 1 heterocycles. The van der Waals surface area contributed by atoms with Gasteiger partial charge >= 0.3 is 0 Å². The molecule has 0 saturated carbocycles. The van der Waals surface area contributed by atoms with Crippen LogP contribution in [0.2, 0.25) is 0 Å². The number of H-pyrrole nitrogens is 1. The predicted octanol–water partition coefficient (Wildman–Crippen LogP) is 1.04. The van der Waals surface area contributed by atoms with Gasteiger partial charge in [0.25, 0.3) is 11.5 Å². The summed E-state index contributed by atoms with van der Waals surface area (Å²) >= 11 is 0. The summed E-state index contributed by atoms with van der Waals surface area (Å²) in [6.45, 7) is 1.81. The zero-order valence-electron chi connectivity index (χ0n) is 9.60. The first-order chi connectivity index (χ1) is 8.56. The molecule has 2 aromatic rings. The van der Waals surface area contributed by atoms with Crippen molar-refractivity contribution in [1.82, 2.24) is 10.2 Å². The Kier molecular flexibility index (Phi) is 3.09. The second kappa shape index (κ2) is 4.70. The molecule has 0 saturated heterocycles. The van der Waals surface area contributed by atoms with E-state index in [0.717, 1.165) is 5.56 Å². The number of nitrogens with one attached hydrogen (secondary N) is 2. The van der Waals surface area contributed by atoms with Crippen LogP contribution in [-0.2, 0) is 0 Å². The van der Waals surface area contributed by atoms with Crippen molar-refractivity contribution < 1.29 is 9.90 Å². The zero-order valence-corrected chi connectivity index (χ0v) is 9.60. The molecule has 2 rings (SSSR count). The van der Waals surface area contributed by atoms with Gasteiger partial charge in [0.05, 0.1) is 5.56 Å². The molecular weight excluding hydrogens is 234 g/mol. The molecule has 0 unspecified atom stereocenters. The van der Waals surface area contributed by atoms with Crippen LogP contribution in [-0.4, -0.2) is 21.2 Å². The van der Waals surface area contributed by atoms with Crippen molar-refractivity contribution in [3.63, 3.8) is 0 Å². The largest absolute Gasteiger partial charge is 0.507 e. The highest BCUT2D eigenvalue weighted by molar-refractivity contribution is 6.05. The molecule has 0 radical (unpaired) electrons. The van der Waals surface area contributed by atoms with Crippen LogP contribution >= 0.6 is 0 Å². The molecule has 18 heavy (non-hydrogen) atoms. The number of phenolic OH excluding ortho intramolecular Hbond substituents is 1. The number of benzene rings is 1. The third-order valence-electron chi connectivity index (χ3n) is 2.32. The standard InChI is InChI=1S/C12H11N3O3/c1-7-2-3-9(16)8(6-7)12(18)13-10-4-5-11(17)15-14-10/h2-6,16H,1H3,(H,15,17)(H,13,14,18). The Hall–Kier alpha value is -2.63. The minimum atomic E-state index is -0.490. The Morgan fingerprint density at radius 2 is 2.11 bits per heavy atom. The molecule has 1 aromatic heterocycles. The minimum absolute atomic E-state index is 0.109. The molecule has 6 heteroatoms. The summed E-state index contributed by atoms with van der Waals surface area (Å²) < 4.78 is 0. The lowest BCUT2D eigenvalue weighted by Gasteiger charge is -2.06. The summed E-state index contributed by atoms with van der Waals surface area (Å²) in [7, 11) is 0. The van der Waals surface area contributed by atoms with Crippen LogP contribution in [0.3, 0.4) is 0 Å². The molecule has 92 valence electrons. The van der Waals surface area contributed by atoms with E-state index >= 15 is 0 Å². The van der Waals surface area contributed by atoms with E-state index in [1.165, 1.54) is 18.2 Å². The number of hydrogen-bond acceptors (Lipinski definition) is 4. The van der Waals surface area contributed by atoms with Crippen LogP contribution in [0.4, 0.5) is 5.82 Å². The van der Waals surface area contributed by atoms with Gasteiger partial charge < -0.3 is 10.4 Å². The molecule has 0 fully saturated rings. The van der Waals surface area contributed by atoms with E-state index in [4.69, 9.17) is 0 Å².